The van der Waals surface area contributed by atoms with Crippen LogP contribution in [0.3, 0.4) is 0 Å². The van der Waals surface area contributed by atoms with Crippen molar-refractivity contribution in [1.29, 1.82) is 0 Å². The van der Waals surface area contributed by atoms with Crippen molar-refractivity contribution in [3.63, 3.8) is 0 Å². The minimum absolute atomic E-state index is 0.0627. The molecule has 1 aromatic carbocycles. The van der Waals surface area contributed by atoms with Crippen LogP contribution in [0, 0.1) is 5.92 Å². The summed E-state index contributed by atoms with van der Waals surface area (Å²) in [7, 11) is 0. The fraction of sp³-hybridized carbons (Fsp3) is 0.438. The molecule has 0 aliphatic carbocycles. The van der Waals surface area contributed by atoms with Crippen LogP contribution < -0.4 is 16.4 Å². The number of nitrogens with zero attached hydrogens (tertiary/aromatic N) is 1. The molecule has 0 bridgehead atoms. The van der Waals surface area contributed by atoms with Crippen LogP contribution in [-0.2, 0) is 9.59 Å². The number of nitrogens with one attached hydrogen (secondary N) is 2. The number of rotatable bonds is 4. The van der Waals surface area contributed by atoms with Crippen molar-refractivity contribution >= 4 is 23.5 Å². The monoisotopic (exact) mass is 318 g/mol. The van der Waals surface area contributed by atoms with Crippen molar-refractivity contribution in [2.24, 2.45) is 11.7 Å². The first-order valence-electron chi connectivity index (χ1n) is 7.65. The molecule has 0 spiro atoms. The van der Waals surface area contributed by atoms with Crippen molar-refractivity contribution < 1.29 is 14.4 Å². The minimum Gasteiger partial charge on any atom is -0.369 e. The van der Waals surface area contributed by atoms with Crippen molar-refractivity contribution in [3.8, 4) is 0 Å². The number of imide groups is 1. The van der Waals surface area contributed by atoms with Crippen molar-refractivity contribution in [2.45, 2.75) is 25.8 Å². The van der Waals surface area contributed by atoms with E-state index in [1.165, 1.54) is 0 Å². The molecule has 1 fully saturated rings. The summed E-state index contributed by atoms with van der Waals surface area (Å²) in [4.78, 5) is 37.0. The number of urea groups is 1. The van der Waals surface area contributed by atoms with Crippen LogP contribution in [0.25, 0.3) is 0 Å². The highest BCUT2D eigenvalue weighted by atomic mass is 16.2. The van der Waals surface area contributed by atoms with Crippen LogP contribution in [0.4, 0.5) is 10.5 Å². The Labute approximate surface area is 135 Å². The van der Waals surface area contributed by atoms with Crippen LogP contribution >= 0.6 is 0 Å². The van der Waals surface area contributed by atoms with Gasteiger partial charge in [0.1, 0.15) is 0 Å². The number of amides is 4. The highest BCUT2D eigenvalue weighted by molar-refractivity contribution is 6.01. The third-order valence-electron chi connectivity index (χ3n) is 4.04. The fourth-order valence-corrected chi connectivity index (χ4v) is 2.67. The Morgan fingerprint density at radius 1 is 1.22 bits per heavy atom. The molecule has 0 aromatic heterocycles. The molecule has 2 atom stereocenters. The van der Waals surface area contributed by atoms with Gasteiger partial charge in [0.15, 0.2) is 0 Å². The maximum absolute atomic E-state index is 12.0. The van der Waals surface area contributed by atoms with Gasteiger partial charge in [0.25, 0.3) is 0 Å². The number of hydrogen-bond acceptors (Lipinski definition) is 4. The molecule has 0 radical (unpaired) electrons. The molecule has 124 valence electrons. The van der Waals surface area contributed by atoms with Gasteiger partial charge in [-0.3, -0.25) is 19.8 Å². The first-order valence-corrected chi connectivity index (χ1v) is 7.65. The van der Waals surface area contributed by atoms with E-state index < -0.39 is 11.9 Å². The SMILES string of the molecule is C[C@H]1CC[C@H](C(N)=O)CN1CC(=O)NC(=O)Nc1ccccc1. The van der Waals surface area contributed by atoms with E-state index in [4.69, 9.17) is 5.73 Å². The third kappa shape index (κ3) is 5.07. The second-order valence-electron chi connectivity index (χ2n) is 5.82. The van der Waals surface area contributed by atoms with Crippen LogP contribution in [-0.4, -0.2) is 41.9 Å². The Hall–Kier alpha value is -2.41. The summed E-state index contributed by atoms with van der Waals surface area (Å²) in [5, 5.41) is 4.88. The second kappa shape index (κ2) is 7.73. The first-order chi connectivity index (χ1) is 11.0. The molecule has 1 aliphatic heterocycles. The lowest BCUT2D eigenvalue weighted by molar-refractivity contribution is -0.127. The van der Waals surface area contributed by atoms with E-state index in [1.54, 1.807) is 24.3 Å². The molecule has 1 saturated heterocycles. The highest BCUT2D eigenvalue weighted by Crippen LogP contribution is 2.21. The van der Waals surface area contributed by atoms with Gasteiger partial charge in [-0.05, 0) is 31.9 Å². The number of likely N-dealkylation sites (tertiary alicyclic amines) is 1. The predicted octanol–water partition coefficient (Wildman–Crippen LogP) is 0.920. The fourth-order valence-electron chi connectivity index (χ4n) is 2.67. The molecule has 4 N–H and O–H groups in total. The van der Waals surface area contributed by atoms with Crippen molar-refractivity contribution in [1.82, 2.24) is 10.2 Å². The lowest BCUT2D eigenvalue weighted by Gasteiger charge is -2.36. The van der Waals surface area contributed by atoms with Gasteiger partial charge in [0.05, 0.1) is 12.5 Å². The number of anilines is 1. The van der Waals surface area contributed by atoms with E-state index in [0.29, 0.717) is 12.2 Å². The van der Waals surface area contributed by atoms with Gasteiger partial charge in [-0.1, -0.05) is 18.2 Å². The van der Waals surface area contributed by atoms with Gasteiger partial charge in [0, 0.05) is 18.3 Å². The number of nitrogens with two attached hydrogens (primary N) is 1. The number of benzene rings is 1. The molecule has 0 saturated carbocycles. The summed E-state index contributed by atoms with van der Waals surface area (Å²) in [5.74, 6) is -0.989. The van der Waals surface area contributed by atoms with Gasteiger partial charge in [-0.25, -0.2) is 4.79 Å². The van der Waals surface area contributed by atoms with Gasteiger partial charge < -0.3 is 11.1 Å². The van der Waals surface area contributed by atoms with E-state index in [2.05, 4.69) is 10.6 Å². The number of hydrogen-bond donors (Lipinski definition) is 3. The van der Waals surface area contributed by atoms with Crippen LogP contribution in [0.5, 0.6) is 0 Å². The molecule has 1 aliphatic rings. The summed E-state index contributed by atoms with van der Waals surface area (Å²) in [5.41, 5.74) is 5.95. The number of primary amides is 1. The quantitative estimate of drug-likeness (QED) is 0.767. The van der Waals surface area contributed by atoms with E-state index in [1.807, 2.05) is 17.9 Å². The van der Waals surface area contributed by atoms with Gasteiger partial charge in [0.2, 0.25) is 11.8 Å². The average molecular weight is 318 g/mol. The molecule has 1 heterocycles. The van der Waals surface area contributed by atoms with Crippen molar-refractivity contribution in [3.05, 3.63) is 30.3 Å². The number of carbonyl (C=O) groups excluding carboxylic acids is 3. The summed E-state index contributed by atoms with van der Waals surface area (Å²) in [6.07, 6.45) is 1.54. The molecule has 7 heteroatoms. The summed E-state index contributed by atoms with van der Waals surface area (Å²) in [6.45, 7) is 2.51. The summed E-state index contributed by atoms with van der Waals surface area (Å²) in [6, 6.07) is 8.47. The zero-order valence-electron chi connectivity index (χ0n) is 13.1. The molecule has 2 rings (SSSR count). The Balaban J connectivity index is 1.83. The van der Waals surface area contributed by atoms with E-state index in [9.17, 15) is 14.4 Å². The predicted molar refractivity (Wildman–Crippen MR) is 86.6 cm³/mol. The lowest BCUT2D eigenvalue weighted by Crippen LogP contribution is -2.50. The number of para-hydroxylation sites is 1. The van der Waals surface area contributed by atoms with Crippen molar-refractivity contribution in [2.75, 3.05) is 18.4 Å². The third-order valence-corrected chi connectivity index (χ3v) is 4.04. The zero-order valence-corrected chi connectivity index (χ0v) is 13.1. The lowest BCUT2D eigenvalue weighted by atomic mass is 9.93. The average Bonchev–Trinajstić information content (AvgIpc) is 2.50. The number of piperidine rings is 1. The smallest absolute Gasteiger partial charge is 0.325 e. The maximum Gasteiger partial charge on any atom is 0.325 e. The Morgan fingerprint density at radius 3 is 2.57 bits per heavy atom. The van der Waals surface area contributed by atoms with E-state index >= 15 is 0 Å². The minimum atomic E-state index is -0.572. The Morgan fingerprint density at radius 2 is 1.91 bits per heavy atom. The molecule has 0 unspecified atom stereocenters. The maximum atomic E-state index is 12.0. The topological polar surface area (TPSA) is 105 Å². The highest BCUT2D eigenvalue weighted by Gasteiger charge is 2.29. The van der Waals surface area contributed by atoms with Gasteiger partial charge >= 0.3 is 6.03 Å². The molecule has 4 amide bonds. The first kappa shape index (κ1) is 17.0. The summed E-state index contributed by atoms with van der Waals surface area (Å²) >= 11 is 0. The Bertz CT molecular complexity index is 576. The molecule has 7 nitrogen and oxygen atoms in total. The molecular weight excluding hydrogens is 296 g/mol. The molecular formula is C16H22N4O3. The molecule has 23 heavy (non-hydrogen) atoms. The van der Waals surface area contributed by atoms with Crippen LogP contribution in [0.2, 0.25) is 0 Å². The Kier molecular flexibility index (Phi) is 5.70. The standard InChI is InChI=1S/C16H22N4O3/c1-11-7-8-12(15(17)22)9-20(11)10-14(21)19-16(23)18-13-5-3-2-4-6-13/h2-6,11-12H,7-10H2,1H3,(H2,17,22)(H2,18,19,21,23)/t11-,12-/m0/s1. The second-order valence-corrected chi connectivity index (χ2v) is 5.82. The zero-order chi connectivity index (χ0) is 16.8. The van der Waals surface area contributed by atoms with Crippen LogP contribution in [0.1, 0.15) is 19.8 Å². The largest absolute Gasteiger partial charge is 0.369 e. The summed E-state index contributed by atoms with van der Waals surface area (Å²) < 4.78 is 0. The van der Waals surface area contributed by atoms with Crippen LogP contribution in [0.15, 0.2) is 30.3 Å². The molecule has 1 aromatic rings. The van der Waals surface area contributed by atoms with Gasteiger partial charge in [-0.15, -0.1) is 0 Å². The normalized spacial score (nSPS) is 21.4. The number of carbonyl (C=O) groups is 3. The van der Waals surface area contributed by atoms with Gasteiger partial charge in [-0.2, -0.15) is 0 Å². The van der Waals surface area contributed by atoms with E-state index in [0.717, 1.165) is 12.8 Å². The van der Waals surface area contributed by atoms with E-state index in [-0.39, 0.29) is 24.4 Å².